The Bertz CT molecular complexity index is 464. The topological polar surface area (TPSA) is 15.3 Å². The van der Waals surface area contributed by atoms with Gasteiger partial charge in [0.25, 0.3) is 0 Å². The summed E-state index contributed by atoms with van der Waals surface area (Å²) in [4.78, 5) is 2.57. The number of nitrogens with one attached hydrogen (secondary N) is 1. The van der Waals surface area contributed by atoms with Gasteiger partial charge in [0.05, 0.1) is 0 Å². The van der Waals surface area contributed by atoms with Gasteiger partial charge in [0.15, 0.2) is 0 Å². The lowest BCUT2D eigenvalue weighted by molar-refractivity contribution is 0.118. The predicted molar refractivity (Wildman–Crippen MR) is 89.7 cm³/mol. The first-order valence-electron chi connectivity index (χ1n) is 8.68. The third-order valence-corrected chi connectivity index (χ3v) is 5.10. The van der Waals surface area contributed by atoms with Gasteiger partial charge in [-0.15, -0.1) is 0 Å². The fourth-order valence-electron chi connectivity index (χ4n) is 3.80. The minimum absolute atomic E-state index is 0.579. The van der Waals surface area contributed by atoms with Crippen LogP contribution in [0.4, 0.5) is 0 Å². The first-order valence-corrected chi connectivity index (χ1v) is 8.68. The van der Waals surface area contributed by atoms with Crippen LogP contribution in [-0.4, -0.2) is 31.1 Å². The van der Waals surface area contributed by atoms with Gasteiger partial charge in [-0.2, -0.15) is 0 Å². The largest absolute Gasteiger partial charge is 0.314 e. The maximum Gasteiger partial charge on any atom is 0.0385 e. The molecule has 1 heterocycles. The van der Waals surface area contributed by atoms with Crippen LogP contribution in [0.15, 0.2) is 24.3 Å². The van der Waals surface area contributed by atoms with Crippen LogP contribution >= 0.6 is 0 Å². The molecule has 0 spiro atoms. The molecule has 2 heteroatoms. The standard InChI is InChI=1S/C19H30N2/c1-14(2)20-13-18-8-5-11-21(3)19(18)17-7-4-6-16(12-17)15-9-10-15/h4,6-7,12,14-15,18-20H,5,8-11,13H2,1-3H3. The molecule has 1 saturated carbocycles. The zero-order valence-corrected chi connectivity index (χ0v) is 13.8. The van der Waals surface area contributed by atoms with E-state index in [1.165, 1.54) is 37.8 Å². The number of piperidine rings is 1. The molecule has 1 aromatic carbocycles. The van der Waals surface area contributed by atoms with Gasteiger partial charge in [0.2, 0.25) is 0 Å². The number of nitrogens with zero attached hydrogens (tertiary/aromatic N) is 1. The van der Waals surface area contributed by atoms with Crippen molar-refractivity contribution in [1.82, 2.24) is 10.2 Å². The lowest BCUT2D eigenvalue weighted by atomic mass is 9.84. The van der Waals surface area contributed by atoms with Crippen LogP contribution in [0.2, 0.25) is 0 Å². The first kappa shape index (κ1) is 15.1. The molecule has 3 rings (SSSR count). The molecule has 2 atom stereocenters. The zero-order valence-electron chi connectivity index (χ0n) is 13.8. The van der Waals surface area contributed by atoms with Crippen LogP contribution in [-0.2, 0) is 0 Å². The molecule has 1 N–H and O–H groups in total. The fourth-order valence-corrected chi connectivity index (χ4v) is 3.80. The van der Waals surface area contributed by atoms with Gasteiger partial charge in [0, 0.05) is 18.6 Å². The molecule has 1 saturated heterocycles. The average molecular weight is 286 g/mol. The van der Waals surface area contributed by atoms with E-state index in [0.29, 0.717) is 12.1 Å². The van der Waals surface area contributed by atoms with Crippen molar-refractivity contribution in [2.75, 3.05) is 20.1 Å². The Labute approximate surface area is 129 Å². The van der Waals surface area contributed by atoms with E-state index in [2.05, 4.69) is 55.4 Å². The summed E-state index contributed by atoms with van der Waals surface area (Å²) in [6, 6.07) is 10.6. The van der Waals surface area contributed by atoms with Gasteiger partial charge in [-0.3, -0.25) is 4.90 Å². The van der Waals surface area contributed by atoms with Crippen molar-refractivity contribution in [2.24, 2.45) is 5.92 Å². The van der Waals surface area contributed by atoms with Crippen LogP contribution in [0.1, 0.15) is 62.6 Å². The molecule has 1 aromatic rings. The molecule has 2 fully saturated rings. The Morgan fingerprint density at radius 2 is 1.95 bits per heavy atom. The lowest BCUT2D eigenvalue weighted by Crippen LogP contribution is -2.41. The molecular weight excluding hydrogens is 256 g/mol. The van der Waals surface area contributed by atoms with Crippen molar-refractivity contribution in [2.45, 2.75) is 57.5 Å². The second-order valence-electron chi connectivity index (χ2n) is 7.34. The van der Waals surface area contributed by atoms with Gasteiger partial charge in [-0.05, 0) is 62.2 Å². The summed E-state index contributed by atoms with van der Waals surface area (Å²) in [5.74, 6) is 1.59. The van der Waals surface area contributed by atoms with Crippen LogP contribution in [0.5, 0.6) is 0 Å². The Morgan fingerprint density at radius 3 is 2.67 bits per heavy atom. The summed E-state index contributed by atoms with van der Waals surface area (Å²) in [5.41, 5.74) is 3.11. The third-order valence-electron chi connectivity index (χ3n) is 5.10. The molecule has 116 valence electrons. The molecular formula is C19H30N2. The van der Waals surface area contributed by atoms with Gasteiger partial charge >= 0.3 is 0 Å². The Hall–Kier alpha value is -0.860. The normalized spacial score (nSPS) is 27.2. The van der Waals surface area contributed by atoms with E-state index in [0.717, 1.165) is 18.4 Å². The quantitative estimate of drug-likeness (QED) is 0.882. The van der Waals surface area contributed by atoms with Crippen molar-refractivity contribution in [3.05, 3.63) is 35.4 Å². The molecule has 2 unspecified atom stereocenters. The maximum absolute atomic E-state index is 3.66. The molecule has 0 radical (unpaired) electrons. The molecule has 1 aliphatic heterocycles. The molecule has 2 aliphatic rings. The highest BCUT2D eigenvalue weighted by atomic mass is 15.1. The molecule has 0 amide bonds. The molecule has 21 heavy (non-hydrogen) atoms. The summed E-state index contributed by atoms with van der Waals surface area (Å²) in [5, 5.41) is 3.66. The molecule has 2 nitrogen and oxygen atoms in total. The summed E-state index contributed by atoms with van der Waals surface area (Å²) in [6.45, 7) is 6.86. The molecule has 1 aliphatic carbocycles. The Balaban J connectivity index is 1.79. The van der Waals surface area contributed by atoms with E-state index in [9.17, 15) is 0 Å². The van der Waals surface area contributed by atoms with E-state index >= 15 is 0 Å². The Morgan fingerprint density at radius 1 is 1.19 bits per heavy atom. The van der Waals surface area contributed by atoms with Crippen molar-refractivity contribution in [3.63, 3.8) is 0 Å². The number of likely N-dealkylation sites (tertiary alicyclic amines) is 1. The lowest BCUT2D eigenvalue weighted by Gasteiger charge is -2.40. The van der Waals surface area contributed by atoms with Gasteiger partial charge in [-0.1, -0.05) is 38.1 Å². The predicted octanol–water partition coefficient (Wildman–Crippen LogP) is 3.94. The number of hydrogen-bond donors (Lipinski definition) is 1. The van der Waals surface area contributed by atoms with Crippen molar-refractivity contribution in [1.29, 1.82) is 0 Å². The molecule has 0 aromatic heterocycles. The smallest absolute Gasteiger partial charge is 0.0385 e. The number of benzene rings is 1. The van der Waals surface area contributed by atoms with Gasteiger partial charge in [0.1, 0.15) is 0 Å². The second-order valence-corrected chi connectivity index (χ2v) is 7.34. The van der Waals surface area contributed by atoms with Crippen LogP contribution < -0.4 is 5.32 Å². The van der Waals surface area contributed by atoms with E-state index in [4.69, 9.17) is 0 Å². The number of rotatable bonds is 5. The zero-order chi connectivity index (χ0) is 14.8. The van der Waals surface area contributed by atoms with E-state index in [1.54, 1.807) is 5.56 Å². The highest BCUT2D eigenvalue weighted by Crippen LogP contribution is 2.42. The van der Waals surface area contributed by atoms with Gasteiger partial charge < -0.3 is 5.32 Å². The monoisotopic (exact) mass is 286 g/mol. The van der Waals surface area contributed by atoms with Gasteiger partial charge in [-0.25, -0.2) is 0 Å². The third kappa shape index (κ3) is 3.67. The number of hydrogen-bond acceptors (Lipinski definition) is 2. The summed E-state index contributed by atoms with van der Waals surface area (Å²) in [6.07, 6.45) is 5.47. The van der Waals surface area contributed by atoms with Crippen molar-refractivity contribution < 1.29 is 0 Å². The highest BCUT2D eigenvalue weighted by molar-refractivity contribution is 5.31. The average Bonchev–Trinajstić information content (AvgIpc) is 3.30. The molecule has 0 bridgehead atoms. The Kier molecular flexibility index (Phi) is 4.66. The highest BCUT2D eigenvalue weighted by Gasteiger charge is 2.31. The van der Waals surface area contributed by atoms with Crippen molar-refractivity contribution in [3.8, 4) is 0 Å². The minimum Gasteiger partial charge on any atom is -0.314 e. The second kappa shape index (κ2) is 6.50. The van der Waals surface area contributed by atoms with E-state index < -0.39 is 0 Å². The first-order chi connectivity index (χ1) is 10.1. The van der Waals surface area contributed by atoms with E-state index in [1.807, 2.05) is 0 Å². The van der Waals surface area contributed by atoms with Crippen LogP contribution in [0.3, 0.4) is 0 Å². The summed E-state index contributed by atoms with van der Waals surface area (Å²) < 4.78 is 0. The minimum atomic E-state index is 0.579. The SMILES string of the molecule is CC(C)NCC1CCCN(C)C1c1cccc(C2CC2)c1. The summed E-state index contributed by atoms with van der Waals surface area (Å²) in [7, 11) is 2.30. The summed E-state index contributed by atoms with van der Waals surface area (Å²) >= 11 is 0. The maximum atomic E-state index is 3.66. The fraction of sp³-hybridized carbons (Fsp3) is 0.684. The van der Waals surface area contributed by atoms with Crippen LogP contribution in [0, 0.1) is 5.92 Å². The van der Waals surface area contributed by atoms with Crippen molar-refractivity contribution >= 4 is 0 Å². The van der Waals surface area contributed by atoms with E-state index in [-0.39, 0.29) is 0 Å². The van der Waals surface area contributed by atoms with Crippen LogP contribution in [0.25, 0.3) is 0 Å².